The van der Waals surface area contributed by atoms with Gasteiger partial charge < -0.3 is 9.84 Å². The van der Waals surface area contributed by atoms with E-state index in [0.29, 0.717) is 11.3 Å². The van der Waals surface area contributed by atoms with E-state index in [1.54, 1.807) is 36.4 Å². The van der Waals surface area contributed by atoms with Gasteiger partial charge in [0.05, 0.1) is 11.6 Å². The Balaban J connectivity index is 2.09. The molecule has 0 saturated heterocycles. The SMILES string of the molecule is OCc1cccc(OCc2cccc(Cl)c2F)c1. The summed E-state index contributed by atoms with van der Waals surface area (Å²) in [7, 11) is 0. The van der Waals surface area contributed by atoms with E-state index in [1.165, 1.54) is 6.07 Å². The molecule has 0 fully saturated rings. The number of rotatable bonds is 4. The highest BCUT2D eigenvalue weighted by Crippen LogP contribution is 2.20. The quantitative estimate of drug-likeness (QED) is 0.917. The zero-order valence-electron chi connectivity index (χ0n) is 9.57. The first kappa shape index (κ1) is 12.9. The van der Waals surface area contributed by atoms with E-state index in [0.717, 1.165) is 5.56 Å². The Morgan fingerprint density at radius 1 is 1.17 bits per heavy atom. The predicted molar refractivity (Wildman–Crippen MR) is 68.1 cm³/mol. The summed E-state index contributed by atoms with van der Waals surface area (Å²) in [6.45, 7) is 0.0456. The molecule has 0 heterocycles. The predicted octanol–water partition coefficient (Wildman–Crippen LogP) is 3.55. The zero-order chi connectivity index (χ0) is 13.0. The lowest BCUT2D eigenvalue weighted by Gasteiger charge is -2.08. The Morgan fingerprint density at radius 2 is 1.94 bits per heavy atom. The monoisotopic (exact) mass is 266 g/mol. The highest BCUT2D eigenvalue weighted by Gasteiger charge is 2.06. The molecule has 0 aliphatic rings. The normalized spacial score (nSPS) is 10.4. The van der Waals surface area contributed by atoms with Crippen LogP contribution in [0.4, 0.5) is 4.39 Å². The molecular formula is C14H12ClFO2. The molecule has 2 nitrogen and oxygen atoms in total. The number of benzene rings is 2. The van der Waals surface area contributed by atoms with Crippen LogP contribution in [-0.4, -0.2) is 5.11 Å². The summed E-state index contributed by atoms with van der Waals surface area (Å²) in [6, 6.07) is 11.8. The summed E-state index contributed by atoms with van der Waals surface area (Å²) >= 11 is 5.68. The molecule has 18 heavy (non-hydrogen) atoms. The molecule has 0 aliphatic heterocycles. The van der Waals surface area contributed by atoms with Gasteiger partial charge in [0.15, 0.2) is 0 Å². The summed E-state index contributed by atoms with van der Waals surface area (Å²) in [5.41, 5.74) is 1.15. The molecule has 4 heteroatoms. The fourth-order valence-corrected chi connectivity index (χ4v) is 1.75. The third-order valence-corrected chi connectivity index (χ3v) is 2.80. The van der Waals surface area contributed by atoms with E-state index in [2.05, 4.69) is 0 Å². The summed E-state index contributed by atoms with van der Waals surface area (Å²) in [5, 5.41) is 9.08. The molecule has 0 saturated carbocycles. The molecule has 2 aromatic carbocycles. The maximum atomic E-state index is 13.6. The minimum absolute atomic E-state index is 0.0529. The zero-order valence-corrected chi connectivity index (χ0v) is 10.3. The molecule has 94 valence electrons. The summed E-state index contributed by atoms with van der Waals surface area (Å²) in [4.78, 5) is 0. The van der Waals surface area contributed by atoms with Crippen molar-refractivity contribution in [2.45, 2.75) is 13.2 Å². The molecule has 2 rings (SSSR count). The summed E-state index contributed by atoms with van der Waals surface area (Å²) < 4.78 is 19.1. The lowest BCUT2D eigenvalue weighted by Crippen LogP contribution is -1.99. The molecule has 0 radical (unpaired) electrons. The Bertz CT molecular complexity index is 543. The summed E-state index contributed by atoms with van der Waals surface area (Å²) in [5.74, 6) is 0.124. The molecule has 0 aliphatic carbocycles. The van der Waals surface area contributed by atoms with Crippen LogP contribution < -0.4 is 4.74 Å². The van der Waals surface area contributed by atoms with Crippen LogP contribution in [0.15, 0.2) is 42.5 Å². The average molecular weight is 267 g/mol. The fourth-order valence-electron chi connectivity index (χ4n) is 1.55. The van der Waals surface area contributed by atoms with Crippen LogP contribution >= 0.6 is 11.6 Å². The molecule has 0 bridgehead atoms. The van der Waals surface area contributed by atoms with E-state index in [9.17, 15) is 4.39 Å². The standard InChI is InChI=1S/C14H12ClFO2/c15-13-6-2-4-11(14(13)16)9-18-12-5-1-3-10(7-12)8-17/h1-7,17H,8-9H2. The first-order chi connectivity index (χ1) is 8.70. The first-order valence-electron chi connectivity index (χ1n) is 5.46. The maximum absolute atomic E-state index is 13.6. The Labute approximate surface area is 110 Å². The van der Waals surface area contributed by atoms with Gasteiger partial charge in [0.25, 0.3) is 0 Å². The van der Waals surface area contributed by atoms with Gasteiger partial charge in [0, 0.05) is 5.56 Å². The minimum atomic E-state index is -0.461. The Kier molecular flexibility index (Phi) is 4.18. The second-order valence-corrected chi connectivity index (χ2v) is 4.21. The van der Waals surface area contributed by atoms with Crippen molar-refractivity contribution in [2.75, 3.05) is 0 Å². The van der Waals surface area contributed by atoms with Gasteiger partial charge in [-0.2, -0.15) is 0 Å². The maximum Gasteiger partial charge on any atom is 0.148 e. The molecule has 0 atom stereocenters. The highest BCUT2D eigenvalue weighted by atomic mass is 35.5. The second kappa shape index (κ2) is 5.85. The van der Waals surface area contributed by atoms with Crippen molar-refractivity contribution in [1.29, 1.82) is 0 Å². The van der Waals surface area contributed by atoms with Crippen molar-refractivity contribution < 1.29 is 14.2 Å². The third-order valence-electron chi connectivity index (χ3n) is 2.51. The van der Waals surface area contributed by atoms with Crippen molar-refractivity contribution >= 4 is 11.6 Å². The van der Waals surface area contributed by atoms with E-state index in [-0.39, 0.29) is 18.2 Å². The van der Waals surface area contributed by atoms with Crippen molar-refractivity contribution in [3.8, 4) is 5.75 Å². The fraction of sp³-hybridized carbons (Fsp3) is 0.143. The average Bonchev–Trinajstić information content (AvgIpc) is 2.41. The van der Waals surface area contributed by atoms with Gasteiger partial charge in [-0.3, -0.25) is 0 Å². The van der Waals surface area contributed by atoms with Gasteiger partial charge in [0.2, 0.25) is 0 Å². The molecule has 0 amide bonds. The van der Waals surface area contributed by atoms with Gasteiger partial charge in [-0.25, -0.2) is 4.39 Å². The Morgan fingerprint density at radius 3 is 2.72 bits per heavy atom. The van der Waals surface area contributed by atoms with Crippen molar-refractivity contribution in [3.63, 3.8) is 0 Å². The molecule has 2 aromatic rings. The highest BCUT2D eigenvalue weighted by molar-refractivity contribution is 6.30. The van der Waals surface area contributed by atoms with E-state index >= 15 is 0 Å². The lowest BCUT2D eigenvalue weighted by atomic mass is 10.2. The van der Waals surface area contributed by atoms with Crippen LogP contribution in [0.1, 0.15) is 11.1 Å². The van der Waals surface area contributed by atoms with Crippen LogP contribution in [0.2, 0.25) is 5.02 Å². The van der Waals surface area contributed by atoms with Crippen LogP contribution in [-0.2, 0) is 13.2 Å². The molecule has 0 spiro atoms. The Hall–Kier alpha value is -1.58. The topological polar surface area (TPSA) is 29.5 Å². The molecule has 1 N–H and O–H groups in total. The number of aliphatic hydroxyl groups is 1. The largest absolute Gasteiger partial charge is 0.489 e. The van der Waals surface area contributed by atoms with Gasteiger partial charge in [-0.05, 0) is 23.8 Å². The number of hydrogen-bond donors (Lipinski definition) is 1. The van der Waals surface area contributed by atoms with Gasteiger partial charge in [0.1, 0.15) is 18.2 Å². The molecule has 0 aromatic heterocycles. The van der Waals surface area contributed by atoms with Crippen LogP contribution in [0.3, 0.4) is 0 Å². The van der Waals surface area contributed by atoms with Crippen LogP contribution in [0.25, 0.3) is 0 Å². The minimum Gasteiger partial charge on any atom is -0.489 e. The van der Waals surface area contributed by atoms with E-state index < -0.39 is 5.82 Å². The van der Waals surface area contributed by atoms with Crippen molar-refractivity contribution in [2.24, 2.45) is 0 Å². The summed E-state index contributed by atoms with van der Waals surface area (Å²) in [6.07, 6.45) is 0. The van der Waals surface area contributed by atoms with Crippen molar-refractivity contribution in [1.82, 2.24) is 0 Å². The van der Waals surface area contributed by atoms with Gasteiger partial charge in [-0.15, -0.1) is 0 Å². The van der Waals surface area contributed by atoms with Crippen molar-refractivity contribution in [3.05, 3.63) is 64.4 Å². The third kappa shape index (κ3) is 3.00. The van der Waals surface area contributed by atoms with Crippen LogP contribution in [0.5, 0.6) is 5.75 Å². The smallest absolute Gasteiger partial charge is 0.148 e. The molecule has 0 unspecified atom stereocenters. The van der Waals surface area contributed by atoms with Gasteiger partial charge >= 0.3 is 0 Å². The first-order valence-corrected chi connectivity index (χ1v) is 5.84. The number of aliphatic hydroxyl groups excluding tert-OH is 1. The lowest BCUT2D eigenvalue weighted by molar-refractivity contribution is 0.277. The van der Waals surface area contributed by atoms with Gasteiger partial charge in [-0.1, -0.05) is 35.9 Å². The van der Waals surface area contributed by atoms with E-state index in [4.69, 9.17) is 21.4 Å². The van der Waals surface area contributed by atoms with E-state index in [1.807, 2.05) is 0 Å². The van der Waals surface area contributed by atoms with Crippen LogP contribution in [0, 0.1) is 5.82 Å². The second-order valence-electron chi connectivity index (χ2n) is 3.81. The number of ether oxygens (including phenoxy) is 1. The molecular weight excluding hydrogens is 255 g/mol. The number of halogens is 2. The number of hydrogen-bond acceptors (Lipinski definition) is 2.